The molecule has 2 aromatic carbocycles. The Balaban J connectivity index is 1.78. The fourth-order valence-electron chi connectivity index (χ4n) is 2.99. The molecule has 3 rings (SSSR count). The largest absolute Gasteiger partial charge is 0.494 e. The van der Waals surface area contributed by atoms with E-state index in [1.165, 1.54) is 19.2 Å². The summed E-state index contributed by atoms with van der Waals surface area (Å²) >= 11 is 23.9. The number of anilines is 2. The van der Waals surface area contributed by atoms with Crippen LogP contribution in [0.15, 0.2) is 30.3 Å². The maximum absolute atomic E-state index is 12.7. The molecule has 0 bridgehead atoms. The van der Waals surface area contributed by atoms with E-state index in [1.54, 1.807) is 12.1 Å². The highest BCUT2D eigenvalue weighted by Crippen LogP contribution is 2.35. The van der Waals surface area contributed by atoms with Crippen molar-refractivity contribution in [2.75, 3.05) is 43.6 Å². The standard InChI is InChI=1S/C19H18Cl3N3O3S/c1-27-17-12(9-11(20)10-14(17)22)18(26)24-19(29)23-15-4-2-3-13(21)16(15)25-5-7-28-8-6-25/h2-4,9-10H,5-8H2,1H3,(H2,23,24,26,29). The van der Waals surface area contributed by atoms with Crippen LogP contribution in [0.5, 0.6) is 5.75 Å². The van der Waals surface area contributed by atoms with Crippen molar-refractivity contribution < 1.29 is 14.3 Å². The van der Waals surface area contributed by atoms with Crippen LogP contribution < -0.4 is 20.3 Å². The third-order valence-corrected chi connectivity index (χ3v) is 5.25. The van der Waals surface area contributed by atoms with Gasteiger partial charge in [-0.25, -0.2) is 0 Å². The number of halogens is 3. The van der Waals surface area contributed by atoms with Crippen molar-refractivity contribution in [3.8, 4) is 5.75 Å². The van der Waals surface area contributed by atoms with Crippen molar-refractivity contribution in [2.24, 2.45) is 0 Å². The smallest absolute Gasteiger partial charge is 0.261 e. The van der Waals surface area contributed by atoms with Crippen LogP contribution in [0.4, 0.5) is 11.4 Å². The lowest BCUT2D eigenvalue weighted by molar-refractivity contribution is 0.0974. The van der Waals surface area contributed by atoms with Crippen LogP contribution in [0.25, 0.3) is 0 Å². The van der Waals surface area contributed by atoms with E-state index in [0.717, 1.165) is 5.69 Å². The highest BCUT2D eigenvalue weighted by Gasteiger charge is 2.21. The fourth-order valence-corrected chi connectivity index (χ4v) is 4.05. The zero-order valence-corrected chi connectivity index (χ0v) is 18.5. The summed E-state index contributed by atoms with van der Waals surface area (Å²) in [6, 6.07) is 8.40. The van der Waals surface area contributed by atoms with Crippen molar-refractivity contribution in [2.45, 2.75) is 0 Å². The maximum atomic E-state index is 12.7. The number of hydrogen-bond acceptors (Lipinski definition) is 5. The number of hydrogen-bond donors (Lipinski definition) is 2. The van der Waals surface area contributed by atoms with Gasteiger partial charge in [0.05, 0.1) is 47.3 Å². The van der Waals surface area contributed by atoms with Crippen LogP contribution in [0.3, 0.4) is 0 Å². The van der Waals surface area contributed by atoms with E-state index in [-0.39, 0.29) is 21.4 Å². The number of carbonyl (C=O) groups excluding carboxylic acids is 1. The highest BCUT2D eigenvalue weighted by atomic mass is 35.5. The minimum atomic E-state index is -0.501. The number of nitrogens with zero attached hydrogens (tertiary/aromatic N) is 1. The van der Waals surface area contributed by atoms with Crippen LogP contribution in [0.1, 0.15) is 10.4 Å². The van der Waals surface area contributed by atoms with Gasteiger partial charge in [-0.3, -0.25) is 10.1 Å². The number of ether oxygens (including phenoxy) is 2. The predicted octanol–water partition coefficient (Wildman–Crippen LogP) is 4.62. The topological polar surface area (TPSA) is 62.8 Å². The molecular weight excluding hydrogens is 457 g/mol. The van der Waals surface area contributed by atoms with E-state index in [4.69, 9.17) is 56.5 Å². The van der Waals surface area contributed by atoms with Gasteiger partial charge in [-0.15, -0.1) is 0 Å². The van der Waals surface area contributed by atoms with Gasteiger partial charge in [0.15, 0.2) is 5.11 Å². The summed E-state index contributed by atoms with van der Waals surface area (Å²) in [5.41, 5.74) is 1.66. The molecule has 2 aromatic rings. The predicted molar refractivity (Wildman–Crippen MR) is 121 cm³/mol. The summed E-state index contributed by atoms with van der Waals surface area (Å²) < 4.78 is 10.6. The molecule has 0 saturated carbocycles. The van der Waals surface area contributed by atoms with Gasteiger partial charge in [-0.05, 0) is 36.5 Å². The van der Waals surface area contributed by atoms with E-state index >= 15 is 0 Å². The summed E-state index contributed by atoms with van der Waals surface area (Å²) in [6.45, 7) is 2.63. The summed E-state index contributed by atoms with van der Waals surface area (Å²) in [4.78, 5) is 14.8. The molecule has 1 aliphatic heterocycles. The molecule has 0 radical (unpaired) electrons. The maximum Gasteiger partial charge on any atom is 0.261 e. The van der Waals surface area contributed by atoms with Gasteiger partial charge < -0.3 is 19.7 Å². The van der Waals surface area contributed by atoms with E-state index in [1.807, 2.05) is 6.07 Å². The van der Waals surface area contributed by atoms with E-state index in [9.17, 15) is 4.79 Å². The summed E-state index contributed by atoms with van der Waals surface area (Å²) in [5, 5.41) is 6.88. The number of para-hydroxylation sites is 1. The molecule has 2 N–H and O–H groups in total. The normalized spacial score (nSPS) is 13.7. The van der Waals surface area contributed by atoms with Crippen LogP contribution in [-0.4, -0.2) is 44.4 Å². The third kappa shape index (κ3) is 5.24. The Morgan fingerprint density at radius 2 is 1.90 bits per heavy atom. The number of amides is 1. The van der Waals surface area contributed by atoms with Crippen molar-refractivity contribution in [3.05, 3.63) is 51.0 Å². The third-order valence-electron chi connectivity index (χ3n) is 4.25. The number of thiocarbonyl (C=S) groups is 1. The molecular formula is C19H18Cl3N3O3S. The second-order valence-corrected chi connectivity index (χ2v) is 7.77. The van der Waals surface area contributed by atoms with Gasteiger partial charge in [-0.1, -0.05) is 40.9 Å². The summed E-state index contributed by atoms with van der Waals surface area (Å²) in [5.74, 6) is -0.285. The van der Waals surface area contributed by atoms with Crippen molar-refractivity contribution in [1.29, 1.82) is 0 Å². The molecule has 1 aliphatic rings. The Morgan fingerprint density at radius 1 is 1.17 bits per heavy atom. The molecule has 1 heterocycles. The molecule has 0 aliphatic carbocycles. The molecule has 10 heteroatoms. The first-order valence-electron chi connectivity index (χ1n) is 8.67. The average Bonchev–Trinajstić information content (AvgIpc) is 2.68. The number of rotatable bonds is 4. The molecule has 1 fully saturated rings. The van der Waals surface area contributed by atoms with E-state index < -0.39 is 5.91 Å². The molecule has 0 spiro atoms. The van der Waals surface area contributed by atoms with Gasteiger partial charge in [-0.2, -0.15) is 0 Å². The zero-order chi connectivity index (χ0) is 21.0. The average molecular weight is 475 g/mol. The van der Waals surface area contributed by atoms with Crippen molar-refractivity contribution >= 4 is 69.4 Å². The number of nitrogens with one attached hydrogen (secondary N) is 2. The molecule has 1 saturated heterocycles. The van der Waals surface area contributed by atoms with Gasteiger partial charge in [0.2, 0.25) is 0 Å². The monoisotopic (exact) mass is 473 g/mol. The number of methoxy groups -OCH3 is 1. The first-order valence-corrected chi connectivity index (χ1v) is 10.2. The van der Waals surface area contributed by atoms with Crippen molar-refractivity contribution in [1.82, 2.24) is 5.32 Å². The lowest BCUT2D eigenvalue weighted by Crippen LogP contribution is -2.38. The molecule has 0 atom stereocenters. The number of carbonyl (C=O) groups is 1. The molecule has 154 valence electrons. The van der Waals surface area contributed by atoms with E-state index in [0.29, 0.717) is 42.0 Å². The van der Waals surface area contributed by atoms with Gasteiger partial charge >= 0.3 is 0 Å². The lowest BCUT2D eigenvalue weighted by Gasteiger charge is -2.31. The fraction of sp³-hybridized carbons (Fsp3) is 0.263. The first kappa shape index (κ1) is 21.9. The second kappa shape index (κ2) is 9.82. The SMILES string of the molecule is COc1c(Cl)cc(Cl)cc1C(=O)NC(=S)Nc1cccc(Cl)c1N1CCOCC1. The van der Waals surface area contributed by atoms with Crippen LogP contribution in [0, 0.1) is 0 Å². The number of morpholine rings is 1. The zero-order valence-electron chi connectivity index (χ0n) is 15.4. The molecule has 1 amide bonds. The van der Waals surface area contributed by atoms with E-state index in [2.05, 4.69) is 15.5 Å². The van der Waals surface area contributed by atoms with Gasteiger partial charge in [0.1, 0.15) is 5.75 Å². The summed E-state index contributed by atoms with van der Waals surface area (Å²) in [7, 11) is 1.42. The minimum Gasteiger partial charge on any atom is -0.494 e. The number of benzene rings is 2. The Labute approximate surface area is 189 Å². The van der Waals surface area contributed by atoms with Crippen molar-refractivity contribution in [3.63, 3.8) is 0 Å². The molecule has 29 heavy (non-hydrogen) atoms. The molecule has 0 aromatic heterocycles. The Bertz CT molecular complexity index is 936. The molecule has 6 nitrogen and oxygen atoms in total. The Hall–Kier alpha value is -1.77. The van der Waals surface area contributed by atoms with Crippen LogP contribution in [0.2, 0.25) is 15.1 Å². The Morgan fingerprint density at radius 3 is 2.59 bits per heavy atom. The van der Waals surface area contributed by atoms with Crippen LogP contribution in [-0.2, 0) is 4.74 Å². The van der Waals surface area contributed by atoms with Crippen LogP contribution >= 0.6 is 47.0 Å². The Kier molecular flexibility index (Phi) is 7.43. The highest BCUT2D eigenvalue weighted by molar-refractivity contribution is 7.80. The first-order chi connectivity index (χ1) is 13.9. The second-order valence-electron chi connectivity index (χ2n) is 6.11. The minimum absolute atomic E-state index is 0.102. The summed E-state index contributed by atoms with van der Waals surface area (Å²) in [6.07, 6.45) is 0. The van der Waals surface area contributed by atoms with Gasteiger partial charge in [0.25, 0.3) is 5.91 Å². The van der Waals surface area contributed by atoms with Gasteiger partial charge in [0, 0.05) is 18.1 Å². The lowest BCUT2D eigenvalue weighted by atomic mass is 10.2. The quantitative estimate of drug-likeness (QED) is 0.631. The molecule has 0 unspecified atom stereocenters.